The Bertz CT molecular complexity index is 608. The molecule has 1 aromatic heterocycles. The molecule has 2 heterocycles. The molecule has 0 bridgehead atoms. The molecule has 1 aromatic carbocycles. The summed E-state index contributed by atoms with van der Waals surface area (Å²) >= 11 is 0. The first-order chi connectivity index (χ1) is 10.2. The summed E-state index contributed by atoms with van der Waals surface area (Å²) < 4.78 is 20.2. The zero-order chi connectivity index (χ0) is 14.8. The maximum absolute atomic E-state index is 13.0. The summed E-state index contributed by atoms with van der Waals surface area (Å²) in [6.07, 6.45) is 2.09. The van der Waals surface area contributed by atoms with Crippen LogP contribution in [-0.4, -0.2) is 34.9 Å². The van der Waals surface area contributed by atoms with Gasteiger partial charge in [-0.1, -0.05) is 12.1 Å². The third kappa shape index (κ3) is 3.14. The number of aryl methyl sites for hydroxylation is 1. The van der Waals surface area contributed by atoms with E-state index in [1.165, 1.54) is 17.7 Å². The smallest absolute Gasteiger partial charge is 0.123 e. The van der Waals surface area contributed by atoms with E-state index in [0.717, 1.165) is 30.9 Å². The van der Waals surface area contributed by atoms with Gasteiger partial charge in [-0.2, -0.15) is 5.10 Å². The predicted molar refractivity (Wildman–Crippen MR) is 78.3 cm³/mol. The van der Waals surface area contributed by atoms with Crippen LogP contribution in [-0.2, 0) is 24.9 Å². The fraction of sp³-hybridized carbons (Fsp3) is 0.438. The SMILES string of the molecule is COC[C@@H]1CN(Cc2ccc(F)cc2)Cc2nn(C)cc21. The molecule has 3 rings (SSSR count). The number of methoxy groups -OCH3 is 1. The molecule has 2 aromatic rings. The number of aromatic nitrogens is 2. The Labute approximate surface area is 124 Å². The summed E-state index contributed by atoms with van der Waals surface area (Å²) in [5.41, 5.74) is 3.52. The Morgan fingerprint density at radius 1 is 1.33 bits per heavy atom. The van der Waals surface area contributed by atoms with E-state index >= 15 is 0 Å². The van der Waals surface area contributed by atoms with Gasteiger partial charge in [0.1, 0.15) is 5.82 Å². The maximum atomic E-state index is 13.0. The number of nitrogens with zero attached hydrogens (tertiary/aromatic N) is 3. The number of ether oxygens (including phenoxy) is 1. The van der Waals surface area contributed by atoms with Crippen LogP contribution < -0.4 is 0 Å². The molecule has 1 aliphatic rings. The maximum Gasteiger partial charge on any atom is 0.123 e. The first kappa shape index (κ1) is 14.2. The third-order valence-electron chi connectivity index (χ3n) is 3.92. The van der Waals surface area contributed by atoms with Gasteiger partial charge < -0.3 is 4.74 Å². The molecule has 21 heavy (non-hydrogen) atoms. The fourth-order valence-electron chi connectivity index (χ4n) is 3.02. The zero-order valence-electron chi connectivity index (χ0n) is 12.4. The zero-order valence-corrected chi connectivity index (χ0v) is 12.4. The number of rotatable bonds is 4. The molecule has 1 aliphatic heterocycles. The molecule has 0 unspecified atom stereocenters. The summed E-state index contributed by atoms with van der Waals surface area (Å²) in [7, 11) is 3.68. The second-order valence-corrected chi connectivity index (χ2v) is 5.65. The van der Waals surface area contributed by atoms with E-state index in [2.05, 4.69) is 16.2 Å². The van der Waals surface area contributed by atoms with Crippen LogP contribution in [0.4, 0.5) is 4.39 Å². The summed E-state index contributed by atoms with van der Waals surface area (Å²) in [5.74, 6) is 0.148. The number of hydrogen-bond acceptors (Lipinski definition) is 3. The van der Waals surface area contributed by atoms with Crippen molar-refractivity contribution in [3.8, 4) is 0 Å². The van der Waals surface area contributed by atoms with Gasteiger partial charge in [0, 0.05) is 51.5 Å². The molecular weight excluding hydrogens is 269 g/mol. The lowest BCUT2D eigenvalue weighted by Crippen LogP contribution is -2.34. The van der Waals surface area contributed by atoms with E-state index in [0.29, 0.717) is 12.5 Å². The molecule has 0 aliphatic carbocycles. The molecule has 1 atom stereocenters. The Morgan fingerprint density at radius 2 is 2.10 bits per heavy atom. The van der Waals surface area contributed by atoms with Crippen molar-refractivity contribution < 1.29 is 9.13 Å². The summed E-state index contributed by atoms with van der Waals surface area (Å²) in [6.45, 7) is 3.26. The Kier molecular flexibility index (Phi) is 4.03. The Balaban J connectivity index is 1.77. The van der Waals surface area contributed by atoms with Crippen molar-refractivity contribution in [1.29, 1.82) is 0 Å². The molecule has 0 saturated carbocycles. The number of halogens is 1. The summed E-state index contributed by atoms with van der Waals surface area (Å²) in [5, 5.41) is 4.55. The molecule has 0 fully saturated rings. The molecule has 0 spiro atoms. The highest BCUT2D eigenvalue weighted by molar-refractivity contribution is 5.26. The number of benzene rings is 1. The summed E-state index contributed by atoms with van der Waals surface area (Å²) in [4.78, 5) is 2.34. The van der Waals surface area contributed by atoms with Crippen molar-refractivity contribution in [2.24, 2.45) is 7.05 Å². The normalized spacial score (nSPS) is 18.7. The van der Waals surface area contributed by atoms with Crippen molar-refractivity contribution in [2.45, 2.75) is 19.0 Å². The van der Waals surface area contributed by atoms with Gasteiger partial charge >= 0.3 is 0 Å². The van der Waals surface area contributed by atoms with Crippen molar-refractivity contribution in [2.75, 3.05) is 20.3 Å². The van der Waals surface area contributed by atoms with Crippen LogP contribution in [0.5, 0.6) is 0 Å². The average molecular weight is 289 g/mol. The van der Waals surface area contributed by atoms with E-state index in [-0.39, 0.29) is 5.82 Å². The van der Waals surface area contributed by atoms with Crippen molar-refractivity contribution >= 4 is 0 Å². The lowest BCUT2D eigenvalue weighted by atomic mass is 9.95. The van der Waals surface area contributed by atoms with Gasteiger partial charge in [0.2, 0.25) is 0 Å². The van der Waals surface area contributed by atoms with E-state index in [4.69, 9.17) is 4.74 Å². The van der Waals surface area contributed by atoms with Gasteiger partial charge in [-0.05, 0) is 17.7 Å². The van der Waals surface area contributed by atoms with E-state index in [1.807, 2.05) is 23.9 Å². The second-order valence-electron chi connectivity index (χ2n) is 5.65. The van der Waals surface area contributed by atoms with Crippen LogP contribution in [0.25, 0.3) is 0 Å². The monoisotopic (exact) mass is 289 g/mol. The van der Waals surface area contributed by atoms with Gasteiger partial charge in [-0.25, -0.2) is 4.39 Å². The molecule has 5 heteroatoms. The van der Waals surface area contributed by atoms with Gasteiger partial charge in [0.15, 0.2) is 0 Å². The van der Waals surface area contributed by atoms with Gasteiger partial charge in [-0.15, -0.1) is 0 Å². The van der Waals surface area contributed by atoms with Crippen molar-refractivity contribution in [3.05, 3.63) is 53.1 Å². The predicted octanol–water partition coefficient (Wildman–Crippen LogP) is 2.31. The van der Waals surface area contributed by atoms with Crippen LogP contribution in [0.15, 0.2) is 30.5 Å². The van der Waals surface area contributed by atoms with E-state index in [9.17, 15) is 4.39 Å². The largest absolute Gasteiger partial charge is 0.384 e. The quantitative estimate of drug-likeness (QED) is 0.865. The minimum absolute atomic E-state index is 0.193. The van der Waals surface area contributed by atoms with E-state index < -0.39 is 0 Å². The Hall–Kier alpha value is -1.72. The van der Waals surface area contributed by atoms with Crippen molar-refractivity contribution in [3.63, 3.8) is 0 Å². The molecule has 0 radical (unpaired) electrons. The molecule has 0 saturated heterocycles. The van der Waals surface area contributed by atoms with Gasteiger partial charge in [0.05, 0.1) is 12.3 Å². The first-order valence-electron chi connectivity index (χ1n) is 7.14. The molecular formula is C16H20FN3O. The molecule has 0 amide bonds. The highest BCUT2D eigenvalue weighted by atomic mass is 19.1. The lowest BCUT2D eigenvalue weighted by Gasteiger charge is -2.31. The van der Waals surface area contributed by atoms with Crippen LogP contribution in [0, 0.1) is 5.82 Å². The van der Waals surface area contributed by atoms with Crippen molar-refractivity contribution in [1.82, 2.24) is 14.7 Å². The van der Waals surface area contributed by atoms with Gasteiger partial charge in [0.25, 0.3) is 0 Å². The van der Waals surface area contributed by atoms with Gasteiger partial charge in [-0.3, -0.25) is 9.58 Å². The second kappa shape index (κ2) is 5.95. The lowest BCUT2D eigenvalue weighted by molar-refractivity contribution is 0.135. The van der Waals surface area contributed by atoms with Crippen LogP contribution in [0.1, 0.15) is 22.7 Å². The average Bonchev–Trinajstić information content (AvgIpc) is 2.82. The topological polar surface area (TPSA) is 30.3 Å². The summed E-state index contributed by atoms with van der Waals surface area (Å²) in [6, 6.07) is 6.71. The van der Waals surface area contributed by atoms with Crippen LogP contribution in [0.3, 0.4) is 0 Å². The van der Waals surface area contributed by atoms with Crippen LogP contribution in [0.2, 0.25) is 0 Å². The van der Waals surface area contributed by atoms with E-state index in [1.54, 1.807) is 7.11 Å². The number of fused-ring (bicyclic) bond motifs is 1. The first-order valence-corrected chi connectivity index (χ1v) is 7.14. The minimum atomic E-state index is -0.193. The molecule has 0 N–H and O–H groups in total. The third-order valence-corrected chi connectivity index (χ3v) is 3.92. The molecule has 112 valence electrons. The Morgan fingerprint density at radius 3 is 2.81 bits per heavy atom. The fourth-order valence-corrected chi connectivity index (χ4v) is 3.02. The highest BCUT2D eigenvalue weighted by Gasteiger charge is 2.27. The van der Waals surface area contributed by atoms with Crippen LogP contribution >= 0.6 is 0 Å². The highest BCUT2D eigenvalue weighted by Crippen LogP contribution is 2.28. The standard InChI is InChI=1S/C16H20FN3O/c1-19-9-15-13(11-21-2)8-20(10-16(15)18-19)7-12-3-5-14(17)6-4-12/h3-6,9,13H,7-8,10-11H2,1-2H3/t13-/m0/s1. The number of hydrogen-bond donors (Lipinski definition) is 0. The minimum Gasteiger partial charge on any atom is -0.384 e. The molecule has 4 nitrogen and oxygen atoms in total.